The van der Waals surface area contributed by atoms with E-state index in [9.17, 15) is 13.6 Å². The van der Waals surface area contributed by atoms with E-state index >= 15 is 0 Å². The van der Waals surface area contributed by atoms with Crippen LogP contribution in [0, 0.1) is 6.92 Å². The molecule has 0 unspecified atom stereocenters. The van der Waals surface area contributed by atoms with Crippen molar-refractivity contribution in [2.45, 2.75) is 51.6 Å². The number of amides is 1. The predicted octanol–water partition coefficient (Wildman–Crippen LogP) is 3.17. The molecule has 1 fully saturated rings. The van der Waals surface area contributed by atoms with Gasteiger partial charge in [-0.3, -0.25) is 14.2 Å². The van der Waals surface area contributed by atoms with Crippen molar-refractivity contribution < 1.29 is 13.6 Å². The van der Waals surface area contributed by atoms with Crippen LogP contribution >= 0.6 is 15.9 Å². The van der Waals surface area contributed by atoms with Crippen LogP contribution in [-0.4, -0.2) is 32.0 Å². The van der Waals surface area contributed by atoms with Crippen molar-refractivity contribution in [2.24, 2.45) is 0 Å². The van der Waals surface area contributed by atoms with Gasteiger partial charge in [-0.15, -0.1) is 0 Å². The molecule has 1 N–H and O–H groups in total. The summed E-state index contributed by atoms with van der Waals surface area (Å²) in [6.45, 7) is 3.08. The van der Waals surface area contributed by atoms with Gasteiger partial charge in [0.15, 0.2) is 0 Å². The van der Waals surface area contributed by atoms with Gasteiger partial charge in [-0.1, -0.05) is 0 Å². The minimum atomic E-state index is -2.61. The Morgan fingerprint density at radius 3 is 2.80 bits per heavy atom. The number of nitrogens with one attached hydrogen (secondary N) is 1. The number of aromatic nitrogens is 4. The summed E-state index contributed by atoms with van der Waals surface area (Å²) in [5, 5.41) is 11.0. The fraction of sp³-hybridized carbons (Fsp3) is 0.562. The fourth-order valence-corrected chi connectivity index (χ4v) is 2.98. The maximum absolute atomic E-state index is 12.8. The van der Waals surface area contributed by atoms with E-state index in [0.717, 1.165) is 35.1 Å². The molecule has 0 atom stereocenters. The molecule has 6 nitrogen and oxygen atoms in total. The zero-order valence-corrected chi connectivity index (χ0v) is 15.5. The monoisotopic (exact) mass is 415 g/mol. The summed E-state index contributed by atoms with van der Waals surface area (Å²) in [6.07, 6.45) is 1.95. The Bertz CT molecular complexity index is 734. The number of carbonyl (C=O) groups excluding carboxylic acids is 1. The van der Waals surface area contributed by atoms with Crippen molar-refractivity contribution in [3.05, 3.63) is 33.8 Å². The molecule has 9 heteroatoms. The number of aryl methyl sites for hydroxylation is 2. The van der Waals surface area contributed by atoms with Crippen molar-refractivity contribution in [1.82, 2.24) is 24.9 Å². The molecule has 0 radical (unpaired) electrons. The highest BCUT2D eigenvalue weighted by Crippen LogP contribution is 2.41. The third kappa shape index (κ3) is 4.65. The lowest BCUT2D eigenvalue weighted by Gasteiger charge is -2.08. The summed E-state index contributed by atoms with van der Waals surface area (Å²) >= 11 is 3.40. The smallest absolute Gasteiger partial charge is 0.282 e. The first-order valence-corrected chi connectivity index (χ1v) is 9.05. The highest BCUT2D eigenvalue weighted by Gasteiger charge is 2.30. The van der Waals surface area contributed by atoms with Crippen LogP contribution in [0.3, 0.4) is 0 Å². The first-order chi connectivity index (χ1) is 11.9. The summed E-state index contributed by atoms with van der Waals surface area (Å²) in [5.74, 6) is 0.0398. The quantitative estimate of drug-likeness (QED) is 0.673. The zero-order valence-electron chi connectivity index (χ0n) is 13.9. The van der Waals surface area contributed by atoms with Gasteiger partial charge in [0, 0.05) is 30.9 Å². The van der Waals surface area contributed by atoms with Crippen LogP contribution < -0.4 is 5.32 Å². The Balaban J connectivity index is 1.47. The molecule has 3 rings (SSSR count). The van der Waals surface area contributed by atoms with E-state index < -0.39 is 6.43 Å². The van der Waals surface area contributed by atoms with Gasteiger partial charge in [0.1, 0.15) is 12.2 Å². The molecule has 0 aromatic carbocycles. The fourth-order valence-electron chi connectivity index (χ4n) is 2.66. The first-order valence-electron chi connectivity index (χ1n) is 8.26. The molecule has 0 spiro atoms. The highest BCUT2D eigenvalue weighted by molar-refractivity contribution is 9.10. The highest BCUT2D eigenvalue weighted by atomic mass is 79.9. The second kappa shape index (κ2) is 7.63. The van der Waals surface area contributed by atoms with Gasteiger partial charge in [0.05, 0.1) is 10.2 Å². The van der Waals surface area contributed by atoms with Crippen LogP contribution in [0.4, 0.5) is 8.78 Å². The van der Waals surface area contributed by atoms with Gasteiger partial charge in [-0.05, 0) is 48.2 Å². The molecule has 136 valence electrons. The number of alkyl halides is 2. The molecule has 0 aliphatic heterocycles. The summed E-state index contributed by atoms with van der Waals surface area (Å²) in [5.41, 5.74) is 1.40. The molecule has 1 aliphatic rings. The molecule has 25 heavy (non-hydrogen) atoms. The zero-order chi connectivity index (χ0) is 18.0. The van der Waals surface area contributed by atoms with Crippen LogP contribution in [0.2, 0.25) is 0 Å². The standard InChI is InChI=1S/C16H20BrF2N5O/c1-10-12(17)8-23(21-10)6-2-5-20-15(25)9-24-14(11-3-4-11)7-13(22-24)16(18)19/h7-8,11,16H,2-6,9H2,1H3,(H,20,25). The maximum Gasteiger partial charge on any atom is 0.282 e. The Kier molecular flexibility index (Phi) is 5.51. The van der Waals surface area contributed by atoms with E-state index in [1.165, 1.54) is 10.7 Å². The van der Waals surface area contributed by atoms with Gasteiger partial charge in [0.2, 0.25) is 5.91 Å². The largest absolute Gasteiger partial charge is 0.354 e. The molecule has 2 aromatic heterocycles. The van der Waals surface area contributed by atoms with Crippen LogP contribution in [0.25, 0.3) is 0 Å². The summed E-state index contributed by atoms with van der Waals surface area (Å²) < 4.78 is 29.9. The summed E-state index contributed by atoms with van der Waals surface area (Å²) in [6, 6.07) is 1.42. The van der Waals surface area contributed by atoms with Crippen molar-refractivity contribution in [1.29, 1.82) is 0 Å². The second-order valence-corrected chi connectivity index (χ2v) is 7.11. The molecule has 2 heterocycles. The lowest BCUT2D eigenvalue weighted by molar-refractivity contribution is -0.121. The third-order valence-corrected chi connectivity index (χ3v) is 4.89. The molecule has 1 aliphatic carbocycles. The second-order valence-electron chi connectivity index (χ2n) is 6.26. The summed E-state index contributed by atoms with van der Waals surface area (Å²) in [4.78, 5) is 12.1. The van der Waals surface area contributed by atoms with Gasteiger partial charge in [0.25, 0.3) is 6.43 Å². The molecule has 0 bridgehead atoms. The lowest BCUT2D eigenvalue weighted by Crippen LogP contribution is -2.30. The van der Waals surface area contributed by atoms with E-state index in [0.29, 0.717) is 13.1 Å². The molecular weight excluding hydrogens is 396 g/mol. The molecule has 2 aromatic rings. The van der Waals surface area contributed by atoms with Crippen LogP contribution in [0.5, 0.6) is 0 Å². The Hall–Kier alpha value is -1.77. The van der Waals surface area contributed by atoms with Crippen molar-refractivity contribution >= 4 is 21.8 Å². The SMILES string of the molecule is Cc1nn(CCCNC(=O)Cn2nc(C(F)F)cc2C2CC2)cc1Br. The van der Waals surface area contributed by atoms with E-state index in [2.05, 4.69) is 31.4 Å². The number of carbonyl (C=O) groups is 1. The van der Waals surface area contributed by atoms with Gasteiger partial charge < -0.3 is 5.32 Å². The number of hydrogen-bond donors (Lipinski definition) is 1. The van der Waals surface area contributed by atoms with E-state index in [4.69, 9.17) is 0 Å². The number of halogens is 3. The van der Waals surface area contributed by atoms with E-state index in [-0.39, 0.29) is 24.1 Å². The number of rotatable bonds is 8. The number of nitrogens with zero attached hydrogens (tertiary/aromatic N) is 4. The average Bonchev–Trinajstić information content (AvgIpc) is 3.23. The third-order valence-electron chi connectivity index (χ3n) is 4.12. The topological polar surface area (TPSA) is 64.7 Å². The maximum atomic E-state index is 12.8. The van der Waals surface area contributed by atoms with Crippen LogP contribution in [-0.2, 0) is 17.9 Å². The minimum Gasteiger partial charge on any atom is -0.354 e. The average molecular weight is 416 g/mol. The first kappa shape index (κ1) is 18.0. The Morgan fingerprint density at radius 1 is 1.44 bits per heavy atom. The minimum absolute atomic E-state index is 0.0228. The van der Waals surface area contributed by atoms with E-state index in [1.54, 1.807) is 0 Å². The number of hydrogen-bond acceptors (Lipinski definition) is 3. The van der Waals surface area contributed by atoms with Crippen molar-refractivity contribution in [3.63, 3.8) is 0 Å². The summed E-state index contributed by atoms with van der Waals surface area (Å²) in [7, 11) is 0. The molecule has 1 saturated carbocycles. The van der Waals surface area contributed by atoms with Crippen molar-refractivity contribution in [2.75, 3.05) is 6.54 Å². The Morgan fingerprint density at radius 2 is 2.20 bits per heavy atom. The molecule has 1 amide bonds. The van der Waals surface area contributed by atoms with Crippen LogP contribution in [0.15, 0.2) is 16.7 Å². The normalized spacial score (nSPS) is 14.3. The van der Waals surface area contributed by atoms with Crippen molar-refractivity contribution in [3.8, 4) is 0 Å². The van der Waals surface area contributed by atoms with Gasteiger partial charge >= 0.3 is 0 Å². The van der Waals surface area contributed by atoms with Gasteiger partial charge in [-0.2, -0.15) is 10.2 Å². The van der Waals surface area contributed by atoms with Crippen LogP contribution in [0.1, 0.15) is 48.7 Å². The molecular formula is C16H20BrF2N5O. The Labute approximate surface area is 152 Å². The predicted molar refractivity (Wildman–Crippen MR) is 91.4 cm³/mol. The van der Waals surface area contributed by atoms with E-state index in [1.807, 2.05) is 17.8 Å². The lowest BCUT2D eigenvalue weighted by atomic mass is 10.2. The van der Waals surface area contributed by atoms with Gasteiger partial charge in [-0.25, -0.2) is 8.78 Å². The molecule has 0 saturated heterocycles.